The highest BCUT2D eigenvalue weighted by Gasteiger charge is 2.25. The van der Waals surface area contributed by atoms with Crippen LogP contribution in [-0.2, 0) is 20.7 Å². The predicted molar refractivity (Wildman–Crippen MR) is 136 cm³/mol. The summed E-state index contributed by atoms with van der Waals surface area (Å²) in [6.07, 6.45) is 1.77. The molecule has 0 radical (unpaired) electrons. The molecule has 0 aliphatic heterocycles. The molecule has 0 aliphatic carbocycles. The van der Waals surface area contributed by atoms with Gasteiger partial charge in [0.05, 0.1) is 0 Å². The van der Waals surface area contributed by atoms with E-state index in [4.69, 9.17) is 4.74 Å². The van der Waals surface area contributed by atoms with Crippen molar-refractivity contribution in [2.24, 2.45) is 0 Å². The molecule has 2 N–H and O–H groups in total. The van der Waals surface area contributed by atoms with Crippen LogP contribution in [0.4, 0.5) is 0 Å². The van der Waals surface area contributed by atoms with Crippen molar-refractivity contribution in [1.29, 1.82) is 0 Å². The first-order chi connectivity index (χ1) is 16.5. The van der Waals surface area contributed by atoms with Crippen LogP contribution in [0.25, 0.3) is 32.4 Å². The average Bonchev–Trinajstić information content (AvgIpc) is 3.24. The van der Waals surface area contributed by atoms with Gasteiger partial charge in [0.2, 0.25) is 5.91 Å². The maximum absolute atomic E-state index is 13.1. The van der Waals surface area contributed by atoms with Gasteiger partial charge in [-0.15, -0.1) is 0 Å². The smallest absolute Gasteiger partial charge is 0.329 e. The number of carbonyl (C=O) groups excluding carboxylic acids is 2. The van der Waals surface area contributed by atoms with Crippen molar-refractivity contribution in [2.75, 3.05) is 0 Å². The average molecular weight is 451 g/mol. The highest BCUT2D eigenvalue weighted by atomic mass is 16.5. The Balaban J connectivity index is 1.37. The summed E-state index contributed by atoms with van der Waals surface area (Å²) in [7, 11) is 0. The molecule has 2 atom stereocenters. The number of aromatic amines is 1. The zero-order chi connectivity index (χ0) is 23.7. The van der Waals surface area contributed by atoms with Crippen molar-refractivity contribution >= 4 is 44.3 Å². The van der Waals surface area contributed by atoms with Crippen molar-refractivity contribution < 1.29 is 14.3 Å². The lowest BCUT2D eigenvalue weighted by Crippen LogP contribution is -2.42. The van der Waals surface area contributed by atoms with E-state index < -0.39 is 18.1 Å². The molecule has 0 saturated heterocycles. The number of carbonyl (C=O) groups is 2. The second-order valence-electron chi connectivity index (χ2n) is 8.70. The monoisotopic (exact) mass is 450 g/mol. The number of para-hydroxylation sites is 1. The van der Waals surface area contributed by atoms with Crippen LogP contribution < -0.4 is 5.32 Å². The number of benzene rings is 4. The van der Waals surface area contributed by atoms with Gasteiger partial charge in [0.1, 0.15) is 12.1 Å². The van der Waals surface area contributed by atoms with Crippen molar-refractivity contribution in [1.82, 2.24) is 10.3 Å². The van der Waals surface area contributed by atoms with Gasteiger partial charge in [0.15, 0.2) is 0 Å². The molecule has 5 rings (SSSR count). The number of hydrogen-bond donors (Lipinski definition) is 2. The molecule has 5 aromatic rings. The van der Waals surface area contributed by atoms with E-state index in [9.17, 15) is 9.59 Å². The van der Waals surface area contributed by atoms with E-state index in [1.165, 1.54) is 17.7 Å². The summed E-state index contributed by atoms with van der Waals surface area (Å²) in [5.41, 5.74) is 2.85. The molecule has 5 nitrogen and oxygen atoms in total. The first-order valence-corrected chi connectivity index (χ1v) is 11.4. The molecule has 0 saturated carbocycles. The number of H-pyrrole nitrogens is 1. The summed E-state index contributed by atoms with van der Waals surface area (Å²) in [5, 5.41) is 8.38. The van der Waals surface area contributed by atoms with E-state index in [0.717, 1.165) is 32.8 Å². The van der Waals surface area contributed by atoms with Crippen LogP contribution in [0.3, 0.4) is 0 Å². The SMILES string of the molecule is CC(=O)N[C@@H](Cc1c[nH]c2ccccc12)C(=O)OC(C)c1ccc2cc3ccccc3cc2c1. The van der Waals surface area contributed by atoms with Gasteiger partial charge in [0.25, 0.3) is 0 Å². The van der Waals surface area contributed by atoms with Gasteiger partial charge < -0.3 is 15.0 Å². The van der Waals surface area contributed by atoms with E-state index in [1.807, 2.05) is 55.6 Å². The number of aromatic nitrogens is 1. The third-order valence-electron chi connectivity index (χ3n) is 6.25. The van der Waals surface area contributed by atoms with E-state index in [-0.39, 0.29) is 5.91 Å². The molecule has 0 aliphatic rings. The van der Waals surface area contributed by atoms with Gasteiger partial charge in [-0.1, -0.05) is 54.6 Å². The van der Waals surface area contributed by atoms with Crippen LogP contribution in [0.1, 0.15) is 31.1 Å². The van der Waals surface area contributed by atoms with E-state index in [1.54, 1.807) is 0 Å². The minimum absolute atomic E-state index is 0.271. The fourth-order valence-electron chi connectivity index (χ4n) is 4.49. The van der Waals surface area contributed by atoms with E-state index >= 15 is 0 Å². The molecule has 1 heterocycles. The number of hydrogen-bond acceptors (Lipinski definition) is 3. The van der Waals surface area contributed by atoms with Crippen LogP contribution in [0.15, 0.2) is 85.1 Å². The Kier molecular flexibility index (Phi) is 5.76. The number of fused-ring (bicyclic) bond motifs is 3. The van der Waals surface area contributed by atoms with Gasteiger partial charge in [-0.2, -0.15) is 0 Å². The summed E-state index contributed by atoms with van der Waals surface area (Å²) in [4.78, 5) is 28.2. The summed E-state index contributed by atoms with van der Waals surface area (Å²) < 4.78 is 5.83. The molecule has 1 amide bonds. The second-order valence-corrected chi connectivity index (χ2v) is 8.70. The zero-order valence-electron chi connectivity index (χ0n) is 19.2. The molecular formula is C29H26N2O3. The number of rotatable bonds is 6. The molecular weight excluding hydrogens is 424 g/mol. The largest absolute Gasteiger partial charge is 0.456 e. The first-order valence-electron chi connectivity index (χ1n) is 11.4. The van der Waals surface area contributed by atoms with Gasteiger partial charge in [-0.05, 0) is 63.9 Å². The number of nitrogens with one attached hydrogen (secondary N) is 2. The lowest BCUT2D eigenvalue weighted by atomic mass is 10.00. The fraction of sp³-hybridized carbons (Fsp3) is 0.172. The van der Waals surface area contributed by atoms with Crippen molar-refractivity contribution in [3.63, 3.8) is 0 Å². The highest BCUT2D eigenvalue weighted by molar-refractivity contribution is 5.98. The molecule has 4 aromatic carbocycles. The van der Waals surface area contributed by atoms with Crippen LogP contribution in [0, 0.1) is 0 Å². The first kappa shape index (κ1) is 21.7. The molecule has 5 heteroatoms. The molecule has 170 valence electrons. The summed E-state index contributed by atoms with van der Waals surface area (Å²) >= 11 is 0. The lowest BCUT2D eigenvalue weighted by molar-refractivity contribution is -0.152. The van der Waals surface area contributed by atoms with Crippen molar-refractivity contribution in [2.45, 2.75) is 32.4 Å². The van der Waals surface area contributed by atoms with Crippen LogP contribution in [-0.4, -0.2) is 22.9 Å². The Bertz CT molecular complexity index is 1520. The highest BCUT2D eigenvalue weighted by Crippen LogP contribution is 2.27. The van der Waals surface area contributed by atoms with E-state index in [2.05, 4.69) is 46.7 Å². The van der Waals surface area contributed by atoms with Gasteiger partial charge in [-0.3, -0.25) is 4.79 Å². The third-order valence-corrected chi connectivity index (χ3v) is 6.25. The minimum Gasteiger partial charge on any atom is -0.456 e. The van der Waals surface area contributed by atoms with Gasteiger partial charge >= 0.3 is 5.97 Å². The standard InChI is InChI=1S/C29H26N2O3/c1-18(20-11-12-23-14-21-7-3-4-8-22(21)15-24(23)13-20)34-29(33)28(31-19(2)32)16-25-17-30-27-10-6-5-9-26(25)27/h3-15,17-18,28,30H,16H2,1-2H3,(H,31,32)/t18?,28-/m0/s1. The van der Waals surface area contributed by atoms with Gasteiger partial charge in [-0.25, -0.2) is 4.79 Å². The summed E-state index contributed by atoms with van der Waals surface area (Å²) in [6, 6.07) is 25.8. The summed E-state index contributed by atoms with van der Waals surface area (Å²) in [5.74, 6) is -0.724. The van der Waals surface area contributed by atoms with E-state index in [0.29, 0.717) is 6.42 Å². The van der Waals surface area contributed by atoms with Crippen LogP contribution in [0.5, 0.6) is 0 Å². The molecule has 0 spiro atoms. The Labute approximate surface area is 197 Å². The predicted octanol–water partition coefficient (Wildman–Crippen LogP) is 5.83. The Morgan fingerprint density at radius 3 is 2.32 bits per heavy atom. The number of esters is 1. The van der Waals surface area contributed by atoms with Crippen LogP contribution in [0.2, 0.25) is 0 Å². The zero-order valence-corrected chi connectivity index (χ0v) is 19.2. The quantitative estimate of drug-likeness (QED) is 0.253. The molecule has 1 aromatic heterocycles. The third kappa shape index (κ3) is 4.37. The fourth-order valence-corrected chi connectivity index (χ4v) is 4.49. The second kappa shape index (κ2) is 9.02. The lowest BCUT2D eigenvalue weighted by Gasteiger charge is -2.20. The normalized spacial score (nSPS) is 13.1. The molecule has 0 fully saturated rings. The Morgan fingerprint density at radius 2 is 1.56 bits per heavy atom. The minimum atomic E-state index is -0.774. The van der Waals surface area contributed by atoms with Gasteiger partial charge in [0, 0.05) is 30.4 Å². The Hall–Kier alpha value is -4.12. The van der Waals surface area contributed by atoms with Crippen LogP contribution >= 0.6 is 0 Å². The molecule has 1 unspecified atom stereocenters. The Morgan fingerprint density at radius 1 is 0.882 bits per heavy atom. The summed E-state index contributed by atoms with van der Waals surface area (Å²) in [6.45, 7) is 3.27. The number of amides is 1. The topological polar surface area (TPSA) is 71.2 Å². The molecule has 0 bridgehead atoms. The maximum Gasteiger partial charge on any atom is 0.329 e. The van der Waals surface area contributed by atoms with Crippen molar-refractivity contribution in [3.8, 4) is 0 Å². The van der Waals surface area contributed by atoms with Crippen molar-refractivity contribution in [3.05, 3.63) is 96.2 Å². The molecule has 34 heavy (non-hydrogen) atoms. The number of ether oxygens (including phenoxy) is 1. The maximum atomic E-state index is 13.1.